The average molecular weight is 380 g/mol. The number of rotatable bonds is 5. The van der Waals surface area contributed by atoms with Crippen molar-refractivity contribution in [1.29, 1.82) is 0 Å². The maximum absolute atomic E-state index is 14.1. The van der Waals surface area contributed by atoms with Crippen LogP contribution in [0.4, 0.5) is 10.1 Å². The van der Waals surface area contributed by atoms with Crippen LogP contribution in [0.15, 0.2) is 48.5 Å². The number of aromatic nitrogens is 2. The molecule has 0 spiro atoms. The summed E-state index contributed by atoms with van der Waals surface area (Å²) in [5.74, 6) is -0.113. The molecule has 28 heavy (non-hydrogen) atoms. The third-order valence-electron chi connectivity index (χ3n) is 5.16. The molecule has 0 atom stereocenters. The van der Waals surface area contributed by atoms with E-state index in [1.54, 1.807) is 6.07 Å². The van der Waals surface area contributed by atoms with Crippen LogP contribution in [0.3, 0.4) is 0 Å². The van der Waals surface area contributed by atoms with E-state index in [-0.39, 0.29) is 11.6 Å². The fourth-order valence-electron chi connectivity index (χ4n) is 3.53. The highest BCUT2D eigenvalue weighted by Gasteiger charge is 2.16. The lowest BCUT2D eigenvalue weighted by Gasteiger charge is -2.34. The molecule has 1 aliphatic rings. The molecule has 1 fully saturated rings. The van der Waals surface area contributed by atoms with Gasteiger partial charge in [0.2, 0.25) is 0 Å². The minimum absolute atomic E-state index is 0.255. The van der Waals surface area contributed by atoms with Crippen molar-refractivity contribution in [2.24, 2.45) is 0 Å². The molecule has 0 bridgehead atoms. The van der Waals surface area contributed by atoms with E-state index in [1.165, 1.54) is 11.8 Å². The van der Waals surface area contributed by atoms with Crippen molar-refractivity contribution in [2.45, 2.75) is 6.92 Å². The van der Waals surface area contributed by atoms with Crippen LogP contribution in [-0.2, 0) is 0 Å². The SMILES string of the molecule is CCOc1c(F)cccc1-c1cc(-c2ccc(N3CCN(C)CC3)cc2)n[nH]1. The van der Waals surface area contributed by atoms with Crippen LogP contribution in [0.1, 0.15) is 6.92 Å². The number of aromatic amines is 1. The molecular weight excluding hydrogens is 355 g/mol. The molecule has 0 unspecified atom stereocenters. The number of anilines is 1. The second-order valence-corrected chi connectivity index (χ2v) is 7.05. The van der Waals surface area contributed by atoms with Gasteiger partial charge in [-0.1, -0.05) is 18.2 Å². The smallest absolute Gasteiger partial charge is 0.165 e. The van der Waals surface area contributed by atoms with Crippen LogP contribution < -0.4 is 9.64 Å². The Morgan fingerprint density at radius 2 is 1.82 bits per heavy atom. The molecule has 4 rings (SSSR count). The van der Waals surface area contributed by atoms with Crippen LogP contribution in [0, 0.1) is 5.82 Å². The Labute approximate surface area is 164 Å². The Bertz CT molecular complexity index is 930. The maximum atomic E-state index is 14.1. The number of nitrogens with one attached hydrogen (secondary N) is 1. The van der Waals surface area contributed by atoms with E-state index in [9.17, 15) is 4.39 Å². The van der Waals surface area contributed by atoms with Gasteiger partial charge in [0.25, 0.3) is 0 Å². The van der Waals surface area contributed by atoms with Gasteiger partial charge in [-0.25, -0.2) is 4.39 Å². The molecule has 0 saturated carbocycles. The Balaban J connectivity index is 1.56. The standard InChI is InChI=1S/C22H25FN4O/c1-3-28-22-18(5-4-6-19(22)23)21-15-20(24-25-21)16-7-9-17(10-8-16)27-13-11-26(2)12-14-27/h4-10,15H,3,11-14H2,1-2H3,(H,24,25). The minimum Gasteiger partial charge on any atom is -0.490 e. The van der Waals surface area contributed by atoms with Crippen LogP contribution in [0.5, 0.6) is 5.75 Å². The summed E-state index contributed by atoms with van der Waals surface area (Å²) in [4.78, 5) is 4.75. The number of piperazine rings is 1. The summed E-state index contributed by atoms with van der Waals surface area (Å²) in [7, 11) is 2.16. The summed E-state index contributed by atoms with van der Waals surface area (Å²) in [6, 6.07) is 15.3. The second-order valence-electron chi connectivity index (χ2n) is 7.05. The zero-order valence-corrected chi connectivity index (χ0v) is 16.3. The quantitative estimate of drug-likeness (QED) is 0.726. The van der Waals surface area contributed by atoms with Crippen LogP contribution in [-0.4, -0.2) is 54.9 Å². The van der Waals surface area contributed by atoms with Gasteiger partial charge in [0.15, 0.2) is 11.6 Å². The molecule has 1 N–H and O–H groups in total. The van der Waals surface area contributed by atoms with Gasteiger partial charge in [-0.2, -0.15) is 5.10 Å². The second kappa shape index (κ2) is 8.02. The van der Waals surface area contributed by atoms with Gasteiger partial charge in [-0.05, 0) is 44.3 Å². The molecule has 1 aromatic heterocycles. The summed E-state index contributed by atoms with van der Waals surface area (Å²) < 4.78 is 19.6. The van der Waals surface area contributed by atoms with E-state index in [4.69, 9.17) is 4.74 Å². The molecule has 5 nitrogen and oxygen atoms in total. The fourth-order valence-corrected chi connectivity index (χ4v) is 3.53. The van der Waals surface area contributed by atoms with Gasteiger partial charge in [0.05, 0.1) is 18.0 Å². The Morgan fingerprint density at radius 1 is 1.07 bits per heavy atom. The molecular formula is C22H25FN4O. The number of hydrogen-bond donors (Lipinski definition) is 1. The lowest BCUT2D eigenvalue weighted by molar-refractivity contribution is 0.313. The number of nitrogens with zero attached hydrogens (tertiary/aromatic N) is 3. The number of likely N-dealkylation sites (N-methyl/N-ethyl adjacent to an activating group) is 1. The van der Waals surface area contributed by atoms with Gasteiger partial charge >= 0.3 is 0 Å². The Hall–Kier alpha value is -2.86. The van der Waals surface area contributed by atoms with Crippen molar-refractivity contribution < 1.29 is 9.13 Å². The van der Waals surface area contributed by atoms with Crippen molar-refractivity contribution >= 4 is 5.69 Å². The highest BCUT2D eigenvalue weighted by atomic mass is 19.1. The van der Waals surface area contributed by atoms with E-state index in [0.29, 0.717) is 12.2 Å². The largest absolute Gasteiger partial charge is 0.490 e. The van der Waals surface area contributed by atoms with Crippen molar-refractivity contribution in [2.75, 3.05) is 44.7 Å². The molecule has 2 aromatic carbocycles. The van der Waals surface area contributed by atoms with Gasteiger partial charge < -0.3 is 14.5 Å². The highest BCUT2D eigenvalue weighted by molar-refractivity contribution is 5.73. The summed E-state index contributed by atoms with van der Waals surface area (Å²) in [6.45, 7) is 6.50. The Morgan fingerprint density at radius 3 is 2.54 bits per heavy atom. The normalized spacial score (nSPS) is 15.0. The van der Waals surface area contributed by atoms with Crippen molar-refractivity contribution in [3.8, 4) is 28.3 Å². The number of para-hydroxylation sites is 1. The van der Waals surface area contributed by atoms with E-state index < -0.39 is 0 Å². The van der Waals surface area contributed by atoms with Gasteiger partial charge in [0.1, 0.15) is 0 Å². The predicted octanol–water partition coefficient (Wildman–Crippen LogP) is 4.03. The highest BCUT2D eigenvalue weighted by Crippen LogP contribution is 2.33. The zero-order chi connectivity index (χ0) is 19.5. The van der Waals surface area contributed by atoms with Crippen molar-refractivity contribution in [3.05, 3.63) is 54.3 Å². The number of H-pyrrole nitrogens is 1. The number of hydrogen-bond acceptors (Lipinski definition) is 4. The molecule has 146 valence electrons. The third kappa shape index (κ3) is 3.73. The van der Waals surface area contributed by atoms with Crippen molar-refractivity contribution in [3.63, 3.8) is 0 Å². The first kappa shape index (κ1) is 18.5. The van der Waals surface area contributed by atoms with Crippen LogP contribution >= 0.6 is 0 Å². The topological polar surface area (TPSA) is 44.4 Å². The van der Waals surface area contributed by atoms with E-state index in [0.717, 1.165) is 43.1 Å². The van der Waals surface area contributed by atoms with Gasteiger partial charge in [0, 0.05) is 43.0 Å². The first-order valence-electron chi connectivity index (χ1n) is 9.66. The molecule has 6 heteroatoms. The number of ether oxygens (including phenoxy) is 1. The third-order valence-corrected chi connectivity index (χ3v) is 5.16. The lowest BCUT2D eigenvalue weighted by Crippen LogP contribution is -2.44. The fraction of sp³-hybridized carbons (Fsp3) is 0.318. The number of halogens is 1. The molecule has 0 amide bonds. The predicted molar refractivity (Wildman–Crippen MR) is 110 cm³/mol. The molecule has 2 heterocycles. The maximum Gasteiger partial charge on any atom is 0.165 e. The van der Waals surface area contributed by atoms with Crippen molar-refractivity contribution in [1.82, 2.24) is 15.1 Å². The van der Waals surface area contributed by atoms with E-state index in [1.807, 2.05) is 19.1 Å². The van der Waals surface area contributed by atoms with Crippen LogP contribution in [0.2, 0.25) is 0 Å². The number of benzene rings is 2. The first-order valence-corrected chi connectivity index (χ1v) is 9.66. The molecule has 3 aromatic rings. The molecule has 0 radical (unpaired) electrons. The van der Waals surface area contributed by atoms with Crippen LogP contribution in [0.25, 0.3) is 22.5 Å². The summed E-state index contributed by atoms with van der Waals surface area (Å²) >= 11 is 0. The summed E-state index contributed by atoms with van der Waals surface area (Å²) in [5.41, 5.74) is 4.49. The average Bonchev–Trinajstić information content (AvgIpc) is 3.20. The summed E-state index contributed by atoms with van der Waals surface area (Å²) in [5, 5.41) is 7.44. The van der Waals surface area contributed by atoms with E-state index in [2.05, 4.69) is 51.3 Å². The zero-order valence-electron chi connectivity index (χ0n) is 16.3. The molecule has 1 saturated heterocycles. The molecule has 0 aliphatic carbocycles. The first-order chi connectivity index (χ1) is 13.7. The minimum atomic E-state index is -0.368. The van der Waals surface area contributed by atoms with Gasteiger partial charge in [-0.3, -0.25) is 5.10 Å². The van der Waals surface area contributed by atoms with Gasteiger partial charge in [-0.15, -0.1) is 0 Å². The van der Waals surface area contributed by atoms with E-state index >= 15 is 0 Å². The molecule has 1 aliphatic heterocycles. The lowest BCUT2D eigenvalue weighted by atomic mass is 10.1. The monoisotopic (exact) mass is 380 g/mol. The summed E-state index contributed by atoms with van der Waals surface area (Å²) in [6.07, 6.45) is 0. The Kier molecular flexibility index (Phi) is 5.30.